The van der Waals surface area contributed by atoms with Crippen LogP contribution in [0.25, 0.3) is 11.3 Å². The van der Waals surface area contributed by atoms with Crippen LogP contribution in [0.2, 0.25) is 0 Å². The molecule has 0 atom stereocenters. The van der Waals surface area contributed by atoms with Crippen LogP contribution in [0.3, 0.4) is 0 Å². The van der Waals surface area contributed by atoms with E-state index in [1.54, 1.807) is 18.1 Å². The highest BCUT2D eigenvalue weighted by Gasteiger charge is 2.25. The van der Waals surface area contributed by atoms with E-state index in [1.807, 2.05) is 53.4 Å². The summed E-state index contributed by atoms with van der Waals surface area (Å²) in [7, 11) is 1.78. The van der Waals surface area contributed by atoms with Gasteiger partial charge in [0.2, 0.25) is 11.9 Å². The molecule has 37 heavy (non-hydrogen) atoms. The number of hydrazine groups is 1. The summed E-state index contributed by atoms with van der Waals surface area (Å²) in [6.45, 7) is 6.24. The van der Waals surface area contributed by atoms with Crippen molar-refractivity contribution in [2.45, 2.75) is 26.2 Å². The maximum absolute atomic E-state index is 13.0. The van der Waals surface area contributed by atoms with Gasteiger partial charge in [0.1, 0.15) is 0 Å². The average molecular weight is 500 g/mol. The molecule has 0 spiro atoms. The number of nitrogens with zero attached hydrogens (tertiary/aromatic N) is 5. The molecule has 2 aliphatic heterocycles. The molecule has 192 valence electrons. The lowest BCUT2D eigenvalue weighted by molar-refractivity contribution is -0.117. The summed E-state index contributed by atoms with van der Waals surface area (Å²) in [4.78, 5) is 38.4. The van der Waals surface area contributed by atoms with E-state index in [1.165, 1.54) is 6.42 Å². The Bertz CT molecular complexity index is 1270. The van der Waals surface area contributed by atoms with Gasteiger partial charge in [0.05, 0.1) is 17.8 Å². The molecule has 9 heteroatoms. The zero-order chi connectivity index (χ0) is 25.8. The summed E-state index contributed by atoms with van der Waals surface area (Å²) in [5.41, 5.74) is 8.17. The number of rotatable bonds is 7. The number of piperazine rings is 1. The van der Waals surface area contributed by atoms with Gasteiger partial charge < -0.3 is 15.1 Å². The number of amides is 2. The van der Waals surface area contributed by atoms with E-state index in [2.05, 4.69) is 27.7 Å². The highest BCUT2D eigenvalue weighted by Crippen LogP contribution is 2.35. The maximum Gasteiger partial charge on any atom is 0.253 e. The van der Waals surface area contributed by atoms with Gasteiger partial charge in [-0.05, 0) is 36.8 Å². The third-order valence-electron chi connectivity index (χ3n) is 6.92. The molecule has 9 nitrogen and oxygen atoms in total. The molecule has 1 aromatic heterocycles. The predicted molar refractivity (Wildman–Crippen MR) is 145 cm³/mol. The minimum absolute atomic E-state index is 0.00457. The topological polar surface area (TPSA) is 93.7 Å². The van der Waals surface area contributed by atoms with Crippen LogP contribution in [-0.4, -0.2) is 71.5 Å². The third-order valence-corrected chi connectivity index (χ3v) is 6.92. The molecule has 0 unspecified atom stereocenters. The molecular formula is C28H33N7O2. The Kier molecular flexibility index (Phi) is 7.43. The molecule has 0 aliphatic carbocycles. The minimum atomic E-state index is 0.00457. The molecule has 1 saturated heterocycles. The van der Waals surface area contributed by atoms with Crippen LogP contribution in [0.4, 0.5) is 17.3 Å². The molecule has 3 heterocycles. The fourth-order valence-electron chi connectivity index (χ4n) is 4.70. The molecular weight excluding hydrogens is 466 g/mol. The van der Waals surface area contributed by atoms with Crippen molar-refractivity contribution in [1.29, 1.82) is 0 Å². The molecule has 2 aliphatic rings. The largest absolute Gasteiger partial charge is 0.336 e. The van der Waals surface area contributed by atoms with E-state index < -0.39 is 0 Å². The molecule has 0 bridgehead atoms. The number of fused-ring (bicyclic) bond motifs is 3. The number of hydrogen-bond acceptors (Lipinski definition) is 7. The summed E-state index contributed by atoms with van der Waals surface area (Å²) < 4.78 is 0. The predicted octanol–water partition coefficient (Wildman–Crippen LogP) is 3.47. The Hall–Kier alpha value is -3.82. The van der Waals surface area contributed by atoms with Gasteiger partial charge in [-0.1, -0.05) is 31.5 Å². The van der Waals surface area contributed by atoms with E-state index >= 15 is 0 Å². The SMILES string of the molecule is CCCCNN1CCN(C(=O)c2ccc(Nc3ncc4c(n3)-c3ccccc3N(C)C(=O)C4)cc2)CC1. The molecule has 2 N–H and O–H groups in total. The van der Waals surface area contributed by atoms with Gasteiger partial charge in [0, 0.05) is 68.3 Å². The van der Waals surface area contributed by atoms with Crippen molar-refractivity contribution in [3.8, 4) is 11.3 Å². The zero-order valence-corrected chi connectivity index (χ0v) is 21.4. The van der Waals surface area contributed by atoms with Crippen LogP contribution in [0.15, 0.2) is 54.7 Å². The molecule has 3 aromatic rings. The summed E-state index contributed by atoms with van der Waals surface area (Å²) in [5.74, 6) is 0.493. The van der Waals surface area contributed by atoms with Gasteiger partial charge in [0.15, 0.2) is 0 Å². The highest BCUT2D eigenvalue weighted by atomic mass is 16.2. The molecule has 2 amide bonds. The standard InChI is InChI=1S/C28H33N7O2/c1-3-4-13-30-35-16-14-34(15-17-35)27(37)20-9-11-22(12-10-20)31-28-29-19-21-18-25(36)33(2)24-8-6-5-7-23(24)26(21)32-28/h5-12,19,30H,3-4,13-18H2,1-2H3,(H,29,31,32). The van der Waals surface area contributed by atoms with E-state index in [4.69, 9.17) is 4.98 Å². The second kappa shape index (κ2) is 11.1. The Labute approximate surface area is 217 Å². The Morgan fingerprint density at radius 1 is 1.03 bits per heavy atom. The lowest BCUT2D eigenvalue weighted by Crippen LogP contribution is -2.53. The van der Waals surface area contributed by atoms with Crippen LogP contribution in [0, 0.1) is 0 Å². The van der Waals surface area contributed by atoms with Crippen molar-refractivity contribution in [2.24, 2.45) is 0 Å². The normalized spacial score (nSPS) is 15.7. The number of para-hydroxylation sites is 1. The van der Waals surface area contributed by atoms with E-state index in [9.17, 15) is 9.59 Å². The van der Waals surface area contributed by atoms with Gasteiger partial charge in [-0.2, -0.15) is 0 Å². The lowest BCUT2D eigenvalue weighted by atomic mass is 10.1. The van der Waals surface area contributed by atoms with Crippen LogP contribution in [0.1, 0.15) is 35.7 Å². The quantitative estimate of drug-likeness (QED) is 0.481. The van der Waals surface area contributed by atoms with Gasteiger partial charge in [-0.15, -0.1) is 0 Å². The first kappa shape index (κ1) is 24.9. The molecule has 2 aromatic carbocycles. The number of unbranched alkanes of at least 4 members (excludes halogenated alkanes) is 1. The number of anilines is 3. The highest BCUT2D eigenvalue weighted by molar-refractivity contribution is 6.01. The van der Waals surface area contributed by atoms with E-state index in [-0.39, 0.29) is 18.2 Å². The first-order valence-electron chi connectivity index (χ1n) is 12.9. The number of hydrogen-bond donors (Lipinski definition) is 2. The monoisotopic (exact) mass is 499 g/mol. The maximum atomic E-state index is 13.0. The lowest BCUT2D eigenvalue weighted by Gasteiger charge is -2.35. The van der Waals surface area contributed by atoms with Crippen LogP contribution in [-0.2, 0) is 11.2 Å². The fraction of sp³-hybridized carbons (Fsp3) is 0.357. The van der Waals surface area contributed by atoms with Crippen LogP contribution in [0.5, 0.6) is 0 Å². The number of carbonyl (C=O) groups excluding carboxylic acids is 2. The Morgan fingerprint density at radius 2 is 1.78 bits per heavy atom. The fourth-order valence-corrected chi connectivity index (χ4v) is 4.70. The van der Waals surface area contributed by atoms with Crippen molar-refractivity contribution in [3.63, 3.8) is 0 Å². The molecule has 0 saturated carbocycles. The number of aromatic nitrogens is 2. The van der Waals surface area contributed by atoms with Crippen LogP contribution >= 0.6 is 0 Å². The first-order chi connectivity index (χ1) is 18.0. The molecule has 0 radical (unpaired) electrons. The van der Waals surface area contributed by atoms with Crippen molar-refractivity contribution in [3.05, 3.63) is 65.9 Å². The average Bonchev–Trinajstić information content (AvgIpc) is 3.03. The number of likely N-dealkylation sites (N-methyl/N-ethyl adjacent to an activating group) is 1. The summed E-state index contributed by atoms with van der Waals surface area (Å²) in [5, 5.41) is 5.45. The number of carbonyl (C=O) groups is 2. The minimum Gasteiger partial charge on any atom is -0.336 e. The Balaban J connectivity index is 1.25. The van der Waals surface area contributed by atoms with Crippen molar-refractivity contribution < 1.29 is 9.59 Å². The summed E-state index contributed by atoms with van der Waals surface area (Å²) in [6.07, 6.45) is 4.29. The molecule has 1 fully saturated rings. The third kappa shape index (κ3) is 5.47. The zero-order valence-electron chi connectivity index (χ0n) is 21.4. The van der Waals surface area contributed by atoms with Gasteiger partial charge in [0.25, 0.3) is 5.91 Å². The van der Waals surface area contributed by atoms with Gasteiger partial charge >= 0.3 is 0 Å². The van der Waals surface area contributed by atoms with Crippen molar-refractivity contribution in [1.82, 2.24) is 25.3 Å². The molecule has 5 rings (SSSR count). The van der Waals surface area contributed by atoms with E-state index in [0.29, 0.717) is 24.6 Å². The second-order valence-corrected chi connectivity index (χ2v) is 9.46. The van der Waals surface area contributed by atoms with Crippen molar-refractivity contribution >= 4 is 29.1 Å². The number of nitrogens with one attached hydrogen (secondary N) is 2. The van der Waals surface area contributed by atoms with Crippen molar-refractivity contribution in [2.75, 3.05) is 50.0 Å². The summed E-state index contributed by atoms with van der Waals surface area (Å²) >= 11 is 0. The van der Waals surface area contributed by atoms with E-state index in [0.717, 1.165) is 54.3 Å². The Morgan fingerprint density at radius 3 is 2.54 bits per heavy atom. The number of benzene rings is 2. The summed E-state index contributed by atoms with van der Waals surface area (Å²) in [6, 6.07) is 15.2. The second-order valence-electron chi connectivity index (χ2n) is 9.46. The first-order valence-corrected chi connectivity index (χ1v) is 12.9. The van der Waals surface area contributed by atoms with Gasteiger partial charge in [-0.3, -0.25) is 15.0 Å². The van der Waals surface area contributed by atoms with Gasteiger partial charge in [-0.25, -0.2) is 15.0 Å². The smallest absolute Gasteiger partial charge is 0.253 e. The van der Waals surface area contributed by atoms with Crippen LogP contribution < -0.4 is 15.6 Å².